The van der Waals surface area contributed by atoms with E-state index >= 15 is 0 Å². The van der Waals surface area contributed by atoms with Crippen LogP contribution >= 0.6 is 23.2 Å². The van der Waals surface area contributed by atoms with E-state index in [2.05, 4.69) is 17.3 Å². The lowest BCUT2D eigenvalue weighted by atomic mass is 9.94. The molecule has 1 unspecified atom stereocenters. The third-order valence-corrected chi connectivity index (χ3v) is 7.09. The molecule has 0 radical (unpaired) electrons. The molecular weight excluding hydrogens is 436 g/mol. The van der Waals surface area contributed by atoms with Crippen LogP contribution in [0, 0.1) is 5.82 Å². The molecule has 1 saturated carbocycles. The molecule has 1 saturated heterocycles. The normalized spacial score (nSPS) is 19.3. The number of hydrogen-bond donors (Lipinski definition) is 1. The SMILES string of the molecule is CN1CCN(C(=O)C(Cc2ccccc2F)NCC2(c3ccc(Cl)cc3Cl)CC2)CC1. The lowest BCUT2D eigenvalue weighted by Gasteiger charge is -2.35. The van der Waals surface area contributed by atoms with Crippen LogP contribution < -0.4 is 5.32 Å². The zero-order valence-electron chi connectivity index (χ0n) is 17.7. The maximum Gasteiger partial charge on any atom is 0.240 e. The van der Waals surface area contributed by atoms with Gasteiger partial charge in [-0.15, -0.1) is 0 Å². The number of piperazine rings is 1. The van der Waals surface area contributed by atoms with Crippen LogP contribution in [0.5, 0.6) is 0 Å². The Hall–Kier alpha value is -1.66. The standard InChI is InChI=1S/C24H28Cl2FN3O/c1-29-10-12-30(13-11-29)23(31)22(14-17-4-2-3-5-21(17)27)28-16-24(8-9-24)19-7-6-18(25)15-20(19)26/h2-7,15,22,28H,8-14,16H2,1H3. The third kappa shape index (κ3) is 5.23. The summed E-state index contributed by atoms with van der Waals surface area (Å²) < 4.78 is 14.4. The van der Waals surface area contributed by atoms with E-state index < -0.39 is 6.04 Å². The molecule has 166 valence electrons. The number of rotatable bonds is 7. The molecular formula is C24H28Cl2FN3O. The second-order valence-electron chi connectivity index (χ2n) is 8.76. The van der Waals surface area contributed by atoms with Crippen molar-refractivity contribution in [2.24, 2.45) is 0 Å². The molecule has 0 bridgehead atoms. The van der Waals surface area contributed by atoms with Gasteiger partial charge in [-0.2, -0.15) is 0 Å². The average molecular weight is 464 g/mol. The van der Waals surface area contributed by atoms with Crippen molar-refractivity contribution in [3.63, 3.8) is 0 Å². The Balaban J connectivity index is 1.51. The Morgan fingerprint density at radius 1 is 1.13 bits per heavy atom. The Morgan fingerprint density at radius 2 is 1.84 bits per heavy atom. The van der Waals surface area contributed by atoms with Crippen LogP contribution in [0.3, 0.4) is 0 Å². The highest BCUT2D eigenvalue weighted by Crippen LogP contribution is 2.50. The summed E-state index contributed by atoms with van der Waals surface area (Å²) in [7, 11) is 2.06. The Bertz CT molecular complexity index is 942. The Labute approximate surface area is 193 Å². The van der Waals surface area contributed by atoms with Gasteiger partial charge in [0.2, 0.25) is 5.91 Å². The summed E-state index contributed by atoms with van der Waals surface area (Å²) in [6, 6.07) is 11.8. The highest BCUT2D eigenvalue weighted by atomic mass is 35.5. The molecule has 4 nitrogen and oxygen atoms in total. The summed E-state index contributed by atoms with van der Waals surface area (Å²) in [5.74, 6) is -0.239. The third-order valence-electron chi connectivity index (χ3n) is 6.54. The van der Waals surface area contributed by atoms with Crippen molar-refractivity contribution < 1.29 is 9.18 Å². The van der Waals surface area contributed by atoms with Crippen LogP contribution in [0.2, 0.25) is 10.0 Å². The summed E-state index contributed by atoms with van der Waals surface area (Å²) in [6.45, 7) is 3.70. The summed E-state index contributed by atoms with van der Waals surface area (Å²) in [5, 5.41) is 4.75. The molecule has 2 aromatic rings. The zero-order chi connectivity index (χ0) is 22.0. The summed E-state index contributed by atoms with van der Waals surface area (Å²) in [5.41, 5.74) is 1.51. The minimum atomic E-state index is -0.483. The van der Waals surface area contributed by atoms with Crippen LogP contribution in [0.25, 0.3) is 0 Å². The second-order valence-corrected chi connectivity index (χ2v) is 9.61. The maximum absolute atomic E-state index is 14.4. The molecule has 2 aliphatic rings. The number of benzene rings is 2. The fraction of sp³-hybridized carbons (Fsp3) is 0.458. The quantitative estimate of drug-likeness (QED) is 0.669. The molecule has 0 spiro atoms. The number of halogens is 3. The van der Waals surface area contributed by atoms with Gasteiger partial charge < -0.3 is 15.1 Å². The maximum atomic E-state index is 14.4. The number of nitrogens with one attached hydrogen (secondary N) is 1. The van der Waals surface area contributed by atoms with Crippen LogP contribution in [-0.2, 0) is 16.6 Å². The molecule has 2 fully saturated rings. The van der Waals surface area contributed by atoms with E-state index in [1.54, 1.807) is 18.2 Å². The van der Waals surface area contributed by atoms with E-state index in [-0.39, 0.29) is 17.1 Å². The number of hydrogen-bond acceptors (Lipinski definition) is 3. The largest absolute Gasteiger partial charge is 0.339 e. The Kier molecular flexibility index (Phi) is 6.87. The fourth-order valence-corrected chi connectivity index (χ4v) is 4.92. The van der Waals surface area contributed by atoms with Crippen molar-refractivity contribution in [1.82, 2.24) is 15.1 Å². The van der Waals surface area contributed by atoms with E-state index in [1.807, 2.05) is 23.1 Å². The topological polar surface area (TPSA) is 35.6 Å². The molecule has 1 heterocycles. The fourth-order valence-electron chi connectivity index (χ4n) is 4.31. The van der Waals surface area contributed by atoms with E-state index in [4.69, 9.17) is 23.2 Å². The van der Waals surface area contributed by atoms with Gasteiger partial charge >= 0.3 is 0 Å². The summed E-state index contributed by atoms with van der Waals surface area (Å²) in [4.78, 5) is 17.5. The van der Waals surface area contributed by atoms with Gasteiger partial charge in [0, 0.05) is 48.2 Å². The van der Waals surface area contributed by atoms with Gasteiger partial charge in [-0.05, 0) is 55.6 Å². The lowest BCUT2D eigenvalue weighted by molar-refractivity contribution is -0.135. The number of nitrogens with zero attached hydrogens (tertiary/aromatic N) is 2. The molecule has 0 aromatic heterocycles. The number of likely N-dealkylation sites (N-methyl/N-ethyl adjacent to an activating group) is 1. The van der Waals surface area contributed by atoms with Crippen LogP contribution in [0.4, 0.5) is 4.39 Å². The van der Waals surface area contributed by atoms with Gasteiger partial charge in [0.05, 0.1) is 6.04 Å². The molecule has 2 aromatic carbocycles. The highest BCUT2D eigenvalue weighted by molar-refractivity contribution is 6.35. The minimum Gasteiger partial charge on any atom is -0.339 e. The van der Waals surface area contributed by atoms with Crippen molar-refractivity contribution in [1.29, 1.82) is 0 Å². The smallest absolute Gasteiger partial charge is 0.240 e. The van der Waals surface area contributed by atoms with Gasteiger partial charge in [-0.1, -0.05) is 47.5 Å². The number of amides is 1. The first-order valence-corrected chi connectivity index (χ1v) is 11.5. The average Bonchev–Trinajstić information content (AvgIpc) is 3.53. The first-order chi connectivity index (χ1) is 14.9. The predicted molar refractivity (Wildman–Crippen MR) is 123 cm³/mol. The van der Waals surface area contributed by atoms with Crippen molar-refractivity contribution in [3.8, 4) is 0 Å². The van der Waals surface area contributed by atoms with Gasteiger partial charge in [0.1, 0.15) is 5.82 Å². The van der Waals surface area contributed by atoms with Crippen molar-refractivity contribution in [2.75, 3.05) is 39.8 Å². The molecule has 7 heteroatoms. The molecule has 1 atom stereocenters. The minimum absolute atomic E-state index is 0.0364. The molecule has 1 amide bonds. The number of carbonyl (C=O) groups excluding carboxylic acids is 1. The molecule has 1 aliphatic heterocycles. The predicted octanol–water partition coefficient (Wildman–Crippen LogP) is 4.14. The van der Waals surface area contributed by atoms with Gasteiger partial charge in [-0.3, -0.25) is 4.79 Å². The van der Waals surface area contributed by atoms with Gasteiger partial charge in [0.15, 0.2) is 0 Å². The summed E-state index contributed by atoms with van der Waals surface area (Å²) >= 11 is 12.5. The summed E-state index contributed by atoms with van der Waals surface area (Å²) in [6.07, 6.45) is 2.31. The molecule has 4 rings (SSSR count). The van der Waals surface area contributed by atoms with Crippen molar-refractivity contribution >= 4 is 29.1 Å². The van der Waals surface area contributed by atoms with Crippen molar-refractivity contribution in [2.45, 2.75) is 30.7 Å². The van der Waals surface area contributed by atoms with E-state index in [9.17, 15) is 9.18 Å². The van der Waals surface area contributed by atoms with E-state index in [0.29, 0.717) is 41.7 Å². The molecule has 1 N–H and O–H groups in total. The van der Waals surface area contributed by atoms with Gasteiger partial charge in [-0.25, -0.2) is 4.39 Å². The molecule has 1 aliphatic carbocycles. The van der Waals surface area contributed by atoms with E-state index in [0.717, 1.165) is 31.5 Å². The second kappa shape index (κ2) is 9.45. The van der Waals surface area contributed by atoms with Gasteiger partial charge in [0.25, 0.3) is 0 Å². The zero-order valence-corrected chi connectivity index (χ0v) is 19.2. The first kappa shape index (κ1) is 22.5. The molecule has 31 heavy (non-hydrogen) atoms. The van der Waals surface area contributed by atoms with Crippen molar-refractivity contribution in [3.05, 3.63) is 69.5 Å². The van der Waals surface area contributed by atoms with Crippen LogP contribution in [-0.4, -0.2) is 61.5 Å². The highest BCUT2D eigenvalue weighted by Gasteiger charge is 2.46. The lowest BCUT2D eigenvalue weighted by Crippen LogP contribution is -2.54. The monoisotopic (exact) mass is 463 g/mol. The van der Waals surface area contributed by atoms with E-state index in [1.165, 1.54) is 6.07 Å². The first-order valence-electron chi connectivity index (χ1n) is 10.8. The number of carbonyl (C=O) groups is 1. The van der Waals surface area contributed by atoms with Crippen LogP contribution in [0.15, 0.2) is 42.5 Å². The van der Waals surface area contributed by atoms with Crippen LogP contribution in [0.1, 0.15) is 24.0 Å². The Morgan fingerprint density at radius 3 is 2.48 bits per heavy atom.